The summed E-state index contributed by atoms with van der Waals surface area (Å²) in [4.78, 5) is 25.0. The van der Waals surface area contributed by atoms with Crippen molar-refractivity contribution in [3.63, 3.8) is 0 Å². The smallest absolute Gasteiger partial charge is 0.271 e. The van der Waals surface area contributed by atoms with Gasteiger partial charge < -0.3 is 4.90 Å². The fourth-order valence-corrected chi connectivity index (χ4v) is 2.26. The normalized spacial score (nSPS) is 19.4. The Balaban J connectivity index is 2.05. The predicted molar refractivity (Wildman–Crippen MR) is 68.2 cm³/mol. The number of carbonyl (C=O) groups excluding carboxylic acids is 1. The second-order valence-electron chi connectivity index (χ2n) is 4.38. The first-order valence-electron chi connectivity index (χ1n) is 5.66. The molecule has 2 heterocycles. The SMILES string of the molecule is C#CC1CC(=O)N(c2ccc3[nH][nH]c(=O)c3c2)C1. The van der Waals surface area contributed by atoms with Gasteiger partial charge in [0.25, 0.3) is 5.56 Å². The molecule has 5 heteroatoms. The first kappa shape index (κ1) is 10.7. The average molecular weight is 241 g/mol. The molecule has 18 heavy (non-hydrogen) atoms. The van der Waals surface area contributed by atoms with Gasteiger partial charge in [0, 0.05) is 24.6 Å². The van der Waals surface area contributed by atoms with Gasteiger partial charge in [-0.15, -0.1) is 12.3 Å². The van der Waals surface area contributed by atoms with Crippen molar-refractivity contribution in [1.82, 2.24) is 10.2 Å². The van der Waals surface area contributed by atoms with Crippen molar-refractivity contribution in [2.45, 2.75) is 6.42 Å². The highest BCUT2D eigenvalue weighted by atomic mass is 16.2. The first-order valence-corrected chi connectivity index (χ1v) is 5.66. The van der Waals surface area contributed by atoms with E-state index in [2.05, 4.69) is 16.1 Å². The van der Waals surface area contributed by atoms with Crippen LogP contribution in [0.5, 0.6) is 0 Å². The Hall–Kier alpha value is -2.48. The minimum atomic E-state index is -0.188. The fraction of sp³-hybridized carbons (Fsp3) is 0.231. The van der Waals surface area contributed by atoms with Gasteiger partial charge in [-0.05, 0) is 18.2 Å². The standard InChI is InChI=1S/C13H11N3O2/c1-2-8-5-12(17)16(7-8)9-3-4-11-10(6-9)13(18)15-14-11/h1,3-4,6,8H,5,7H2,(H2,14,15,18). The number of hydrogen-bond acceptors (Lipinski definition) is 2. The highest BCUT2D eigenvalue weighted by molar-refractivity contribution is 5.98. The number of hydrogen-bond donors (Lipinski definition) is 2. The summed E-state index contributed by atoms with van der Waals surface area (Å²) in [5.41, 5.74) is 1.26. The first-order chi connectivity index (χ1) is 8.69. The maximum atomic E-state index is 11.8. The molecule has 5 nitrogen and oxygen atoms in total. The Morgan fingerprint density at radius 1 is 1.33 bits per heavy atom. The van der Waals surface area contributed by atoms with Gasteiger partial charge in [-0.25, -0.2) is 0 Å². The van der Waals surface area contributed by atoms with Crippen LogP contribution in [0.1, 0.15) is 6.42 Å². The average Bonchev–Trinajstić information content (AvgIpc) is 2.93. The molecule has 1 fully saturated rings. The topological polar surface area (TPSA) is 69.0 Å². The van der Waals surface area contributed by atoms with Crippen LogP contribution in [0.25, 0.3) is 10.9 Å². The number of H-pyrrole nitrogens is 2. The Labute approximate surface area is 103 Å². The van der Waals surface area contributed by atoms with E-state index in [0.29, 0.717) is 18.4 Å². The number of aromatic amines is 2. The Morgan fingerprint density at radius 3 is 2.89 bits per heavy atom. The molecule has 1 atom stereocenters. The van der Waals surface area contributed by atoms with Gasteiger partial charge in [0.1, 0.15) is 0 Å². The number of terminal acetylenes is 1. The lowest BCUT2D eigenvalue weighted by molar-refractivity contribution is -0.117. The largest absolute Gasteiger partial charge is 0.311 e. The van der Waals surface area contributed by atoms with Crippen LogP contribution in [0, 0.1) is 18.3 Å². The van der Waals surface area contributed by atoms with Crippen molar-refractivity contribution in [3.05, 3.63) is 28.6 Å². The van der Waals surface area contributed by atoms with Crippen LogP contribution in [0.3, 0.4) is 0 Å². The quantitative estimate of drug-likeness (QED) is 0.726. The molecule has 1 aliphatic heterocycles. The molecule has 0 radical (unpaired) electrons. The van der Waals surface area contributed by atoms with E-state index in [9.17, 15) is 9.59 Å². The highest BCUT2D eigenvalue weighted by Gasteiger charge is 2.29. The van der Waals surface area contributed by atoms with Crippen LogP contribution in [0.4, 0.5) is 5.69 Å². The van der Waals surface area contributed by atoms with Crippen LogP contribution in [0.2, 0.25) is 0 Å². The molecule has 1 unspecified atom stereocenters. The molecule has 90 valence electrons. The van der Waals surface area contributed by atoms with Crippen molar-refractivity contribution in [1.29, 1.82) is 0 Å². The van der Waals surface area contributed by atoms with Crippen molar-refractivity contribution in [3.8, 4) is 12.3 Å². The fourth-order valence-electron chi connectivity index (χ4n) is 2.26. The number of benzene rings is 1. The third-order valence-electron chi connectivity index (χ3n) is 3.23. The maximum absolute atomic E-state index is 11.8. The minimum absolute atomic E-state index is 0.00395. The Kier molecular flexibility index (Phi) is 2.23. The number of anilines is 1. The van der Waals surface area contributed by atoms with E-state index >= 15 is 0 Å². The molecule has 1 aromatic carbocycles. The Bertz CT molecular complexity index is 720. The van der Waals surface area contributed by atoms with Crippen LogP contribution in [0.15, 0.2) is 23.0 Å². The van der Waals surface area contributed by atoms with E-state index in [1.165, 1.54) is 0 Å². The second-order valence-corrected chi connectivity index (χ2v) is 4.38. The molecular weight excluding hydrogens is 230 g/mol. The molecule has 1 aliphatic rings. The molecule has 3 rings (SSSR count). The summed E-state index contributed by atoms with van der Waals surface area (Å²) < 4.78 is 0. The number of carbonyl (C=O) groups is 1. The number of fused-ring (bicyclic) bond motifs is 1. The molecule has 1 aromatic heterocycles. The van der Waals surface area contributed by atoms with Crippen molar-refractivity contribution >= 4 is 22.5 Å². The molecule has 1 saturated heterocycles. The third kappa shape index (κ3) is 1.51. The van der Waals surface area contributed by atoms with Gasteiger partial charge in [-0.3, -0.25) is 19.8 Å². The van der Waals surface area contributed by atoms with Crippen LogP contribution >= 0.6 is 0 Å². The summed E-state index contributed by atoms with van der Waals surface area (Å²) in [5, 5.41) is 5.82. The summed E-state index contributed by atoms with van der Waals surface area (Å²) in [6.45, 7) is 0.517. The molecule has 2 N–H and O–H groups in total. The van der Waals surface area contributed by atoms with E-state index in [1.54, 1.807) is 17.0 Å². The molecule has 0 saturated carbocycles. The van der Waals surface area contributed by atoms with Gasteiger partial charge in [0.15, 0.2) is 0 Å². The van der Waals surface area contributed by atoms with Gasteiger partial charge in [0.05, 0.1) is 10.9 Å². The number of nitrogens with zero attached hydrogens (tertiary/aromatic N) is 1. The van der Waals surface area contributed by atoms with E-state index < -0.39 is 0 Å². The van der Waals surface area contributed by atoms with Crippen molar-refractivity contribution in [2.75, 3.05) is 11.4 Å². The summed E-state index contributed by atoms with van der Waals surface area (Å²) in [6, 6.07) is 5.30. The maximum Gasteiger partial charge on any atom is 0.271 e. The van der Waals surface area contributed by atoms with E-state index in [-0.39, 0.29) is 17.4 Å². The summed E-state index contributed by atoms with van der Waals surface area (Å²) in [5.74, 6) is 2.56. The lowest BCUT2D eigenvalue weighted by Crippen LogP contribution is -2.24. The van der Waals surface area contributed by atoms with E-state index in [0.717, 1.165) is 11.2 Å². The Morgan fingerprint density at radius 2 is 2.17 bits per heavy atom. The molecule has 2 aromatic rings. The lowest BCUT2D eigenvalue weighted by Gasteiger charge is -2.15. The molecule has 0 spiro atoms. The number of nitrogens with one attached hydrogen (secondary N) is 2. The zero-order chi connectivity index (χ0) is 12.7. The lowest BCUT2D eigenvalue weighted by atomic mass is 10.1. The zero-order valence-electron chi connectivity index (χ0n) is 9.56. The highest BCUT2D eigenvalue weighted by Crippen LogP contribution is 2.26. The third-order valence-corrected chi connectivity index (χ3v) is 3.23. The molecule has 1 amide bonds. The minimum Gasteiger partial charge on any atom is -0.311 e. The summed E-state index contributed by atoms with van der Waals surface area (Å²) >= 11 is 0. The monoisotopic (exact) mass is 241 g/mol. The van der Waals surface area contributed by atoms with Crippen LogP contribution in [-0.4, -0.2) is 22.6 Å². The second kappa shape index (κ2) is 3.77. The zero-order valence-corrected chi connectivity index (χ0v) is 9.56. The van der Waals surface area contributed by atoms with Gasteiger partial charge in [0.2, 0.25) is 5.91 Å². The van der Waals surface area contributed by atoms with Crippen molar-refractivity contribution in [2.24, 2.45) is 5.92 Å². The molecule has 0 aliphatic carbocycles. The summed E-state index contributed by atoms with van der Waals surface area (Å²) in [7, 11) is 0. The van der Waals surface area contributed by atoms with Gasteiger partial charge in [-0.1, -0.05) is 0 Å². The van der Waals surface area contributed by atoms with E-state index in [1.807, 2.05) is 6.07 Å². The van der Waals surface area contributed by atoms with Crippen LogP contribution < -0.4 is 10.5 Å². The number of rotatable bonds is 1. The number of amides is 1. The predicted octanol–water partition coefficient (Wildman–Crippen LogP) is 0.842. The van der Waals surface area contributed by atoms with Crippen molar-refractivity contribution < 1.29 is 4.79 Å². The van der Waals surface area contributed by atoms with Gasteiger partial charge in [-0.2, -0.15) is 0 Å². The van der Waals surface area contributed by atoms with Gasteiger partial charge >= 0.3 is 0 Å². The van der Waals surface area contributed by atoms with Crippen LogP contribution in [-0.2, 0) is 4.79 Å². The number of aromatic nitrogens is 2. The summed E-state index contributed by atoms with van der Waals surface area (Å²) in [6.07, 6.45) is 5.72. The molecular formula is C13H11N3O2. The molecule has 0 bridgehead atoms. The van der Waals surface area contributed by atoms with E-state index in [4.69, 9.17) is 6.42 Å².